The second-order valence-corrected chi connectivity index (χ2v) is 4.88. The van der Waals surface area contributed by atoms with E-state index in [1.807, 2.05) is 18.2 Å². The van der Waals surface area contributed by atoms with E-state index in [4.69, 9.17) is 26.3 Å². The predicted octanol–water partition coefficient (Wildman–Crippen LogP) is 3.38. The van der Waals surface area contributed by atoms with Gasteiger partial charge in [-0.3, -0.25) is 4.79 Å². The van der Waals surface area contributed by atoms with Crippen LogP contribution in [0, 0.1) is 11.3 Å². The number of ether oxygens (including phenoxy) is 2. The van der Waals surface area contributed by atoms with Crippen LogP contribution in [0.1, 0.15) is 11.1 Å². The Hall–Kier alpha value is -2.51. The number of nitrogens with zero attached hydrogens (tertiary/aromatic N) is 1. The topological polar surface area (TPSA) is 59.3 Å². The summed E-state index contributed by atoms with van der Waals surface area (Å²) in [7, 11) is 0. The molecule has 2 rings (SSSR count). The Bertz CT molecular complexity index is 677. The van der Waals surface area contributed by atoms with E-state index in [-0.39, 0.29) is 25.6 Å². The maximum Gasteiger partial charge on any atom is 0.310 e. The van der Waals surface area contributed by atoms with E-state index in [0.717, 1.165) is 5.56 Å². The van der Waals surface area contributed by atoms with Crippen LogP contribution < -0.4 is 4.74 Å². The first-order valence-corrected chi connectivity index (χ1v) is 7.09. The zero-order valence-electron chi connectivity index (χ0n) is 11.8. The Morgan fingerprint density at radius 3 is 2.50 bits per heavy atom. The Morgan fingerprint density at radius 2 is 1.82 bits per heavy atom. The maximum atomic E-state index is 11.7. The van der Waals surface area contributed by atoms with Crippen molar-refractivity contribution in [2.45, 2.75) is 6.42 Å². The van der Waals surface area contributed by atoms with Gasteiger partial charge in [0, 0.05) is 5.02 Å². The van der Waals surface area contributed by atoms with Gasteiger partial charge in [-0.15, -0.1) is 0 Å². The first-order valence-electron chi connectivity index (χ1n) is 6.71. The van der Waals surface area contributed by atoms with Crippen LogP contribution in [-0.4, -0.2) is 19.2 Å². The predicted molar refractivity (Wildman–Crippen MR) is 82.8 cm³/mol. The third kappa shape index (κ3) is 4.80. The molecule has 0 saturated carbocycles. The first-order chi connectivity index (χ1) is 10.7. The molecule has 4 nitrogen and oxygen atoms in total. The quantitative estimate of drug-likeness (QED) is 0.605. The summed E-state index contributed by atoms with van der Waals surface area (Å²) in [5.74, 6) is 0.276. The zero-order valence-corrected chi connectivity index (χ0v) is 12.5. The molecule has 0 fully saturated rings. The minimum absolute atomic E-state index is 0.135. The smallest absolute Gasteiger partial charge is 0.310 e. The van der Waals surface area contributed by atoms with E-state index in [0.29, 0.717) is 16.3 Å². The van der Waals surface area contributed by atoms with Gasteiger partial charge in [0.15, 0.2) is 0 Å². The molecule has 0 aliphatic heterocycles. The first kappa shape index (κ1) is 15.9. The zero-order chi connectivity index (χ0) is 15.8. The molecule has 0 heterocycles. The molecule has 5 heteroatoms. The number of benzene rings is 2. The van der Waals surface area contributed by atoms with E-state index in [1.165, 1.54) is 0 Å². The summed E-state index contributed by atoms with van der Waals surface area (Å²) in [6, 6.07) is 15.9. The molecule has 0 unspecified atom stereocenters. The summed E-state index contributed by atoms with van der Waals surface area (Å²) in [6.45, 7) is 0.406. The van der Waals surface area contributed by atoms with Crippen molar-refractivity contribution in [1.82, 2.24) is 0 Å². The third-order valence-electron chi connectivity index (χ3n) is 2.89. The minimum Gasteiger partial charge on any atom is -0.490 e. The molecule has 0 bridgehead atoms. The van der Waals surface area contributed by atoms with E-state index in [2.05, 4.69) is 0 Å². The highest BCUT2D eigenvalue weighted by molar-refractivity contribution is 6.31. The summed E-state index contributed by atoms with van der Waals surface area (Å²) in [4.78, 5) is 11.7. The van der Waals surface area contributed by atoms with Crippen LogP contribution in [0.3, 0.4) is 0 Å². The molecule has 2 aromatic rings. The van der Waals surface area contributed by atoms with Gasteiger partial charge in [-0.2, -0.15) is 5.26 Å². The molecule has 112 valence electrons. The fraction of sp³-hybridized carbons (Fsp3) is 0.176. The van der Waals surface area contributed by atoms with Gasteiger partial charge >= 0.3 is 5.97 Å². The highest BCUT2D eigenvalue weighted by Gasteiger charge is 2.07. The second kappa shape index (κ2) is 8.06. The Balaban J connectivity index is 1.71. The van der Waals surface area contributed by atoms with E-state index < -0.39 is 0 Å². The highest BCUT2D eigenvalue weighted by Crippen LogP contribution is 2.15. The van der Waals surface area contributed by atoms with Gasteiger partial charge in [0.05, 0.1) is 18.1 Å². The molecule has 22 heavy (non-hydrogen) atoms. The number of carbonyl (C=O) groups is 1. The van der Waals surface area contributed by atoms with Crippen LogP contribution in [0.5, 0.6) is 5.75 Å². The summed E-state index contributed by atoms with van der Waals surface area (Å²) in [5, 5.41) is 9.24. The van der Waals surface area contributed by atoms with E-state index >= 15 is 0 Å². The SMILES string of the molecule is N#Cc1ccc(OCCOC(=O)Cc2ccccc2Cl)cc1. The minimum atomic E-state index is -0.350. The summed E-state index contributed by atoms with van der Waals surface area (Å²) < 4.78 is 10.5. The molecular formula is C17H14ClNO3. The van der Waals surface area contributed by atoms with Crippen molar-refractivity contribution in [1.29, 1.82) is 5.26 Å². The molecular weight excluding hydrogens is 302 g/mol. The standard InChI is InChI=1S/C17H14ClNO3/c18-16-4-2-1-3-14(16)11-17(20)22-10-9-21-15-7-5-13(12-19)6-8-15/h1-8H,9-11H2. The molecule has 0 aromatic heterocycles. The normalized spacial score (nSPS) is 9.82. The van der Waals surface area contributed by atoms with E-state index in [9.17, 15) is 4.79 Å². The molecule has 0 spiro atoms. The number of hydrogen-bond acceptors (Lipinski definition) is 4. The second-order valence-electron chi connectivity index (χ2n) is 4.47. The number of carbonyl (C=O) groups excluding carboxylic acids is 1. The Morgan fingerprint density at radius 1 is 1.09 bits per heavy atom. The number of esters is 1. The van der Waals surface area contributed by atoms with Crippen molar-refractivity contribution < 1.29 is 14.3 Å². The summed E-state index contributed by atoms with van der Waals surface area (Å²) in [5.41, 5.74) is 1.31. The van der Waals surface area contributed by atoms with Crippen LogP contribution in [0.2, 0.25) is 5.02 Å². The van der Waals surface area contributed by atoms with Crippen LogP contribution in [0.4, 0.5) is 0 Å². The van der Waals surface area contributed by atoms with Crippen molar-refractivity contribution in [2.75, 3.05) is 13.2 Å². The number of rotatable bonds is 6. The van der Waals surface area contributed by atoms with Crippen molar-refractivity contribution >= 4 is 17.6 Å². The molecule has 0 aliphatic carbocycles. The molecule has 0 saturated heterocycles. The van der Waals surface area contributed by atoms with Gasteiger partial charge in [0.25, 0.3) is 0 Å². The van der Waals surface area contributed by atoms with Gasteiger partial charge in [-0.25, -0.2) is 0 Å². The fourth-order valence-corrected chi connectivity index (χ4v) is 1.99. The number of hydrogen-bond donors (Lipinski definition) is 0. The average molecular weight is 316 g/mol. The Labute approximate surface area is 133 Å². The fourth-order valence-electron chi connectivity index (χ4n) is 1.79. The number of halogens is 1. The van der Waals surface area contributed by atoms with Crippen LogP contribution in [-0.2, 0) is 16.0 Å². The monoisotopic (exact) mass is 315 g/mol. The highest BCUT2D eigenvalue weighted by atomic mass is 35.5. The molecule has 2 aromatic carbocycles. The van der Waals surface area contributed by atoms with E-state index in [1.54, 1.807) is 36.4 Å². The van der Waals surface area contributed by atoms with Crippen molar-refractivity contribution in [3.8, 4) is 11.8 Å². The lowest BCUT2D eigenvalue weighted by atomic mass is 10.1. The van der Waals surface area contributed by atoms with Gasteiger partial charge in [0.1, 0.15) is 19.0 Å². The lowest BCUT2D eigenvalue weighted by Gasteiger charge is -2.08. The maximum absolute atomic E-state index is 11.7. The molecule has 0 N–H and O–H groups in total. The van der Waals surface area contributed by atoms with Crippen molar-refractivity contribution in [3.05, 3.63) is 64.7 Å². The third-order valence-corrected chi connectivity index (χ3v) is 3.26. The lowest BCUT2D eigenvalue weighted by Crippen LogP contribution is -2.14. The van der Waals surface area contributed by atoms with Crippen LogP contribution in [0.25, 0.3) is 0 Å². The summed E-state index contributed by atoms with van der Waals surface area (Å²) in [6.07, 6.45) is 0.135. The Kier molecular flexibility index (Phi) is 5.81. The lowest BCUT2D eigenvalue weighted by molar-refractivity contribution is -0.143. The van der Waals surface area contributed by atoms with Crippen molar-refractivity contribution in [2.24, 2.45) is 0 Å². The summed E-state index contributed by atoms with van der Waals surface area (Å²) >= 11 is 5.98. The van der Waals surface area contributed by atoms with Crippen LogP contribution in [0.15, 0.2) is 48.5 Å². The van der Waals surface area contributed by atoms with Gasteiger partial charge in [0.2, 0.25) is 0 Å². The largest absolute Gasteiger partial charge is 0.490 e. The van der Waals surface area contributed by atoms with Crippen molar-refractivity contribution in [3.63, 3.8) is 0 Å². The van der Waals surface area contributed by atoms with Crippen LogP contribution >= 0.6 is 11.6 Å². The van der Waals surface area contributed by atoms with Gasteiger partial charge < -0.3 is 9.47 Å². The molecule has 0 atom stereocenters. The van der Waals surface area contributed by atoms with Gasteiger partial charge in [-0.05, 0) is 35.9 Å². The van der Waals surface area contributed by atoms with Gasteiger partial charge in [-0.1, -0.05) is 29.8 Å². The molecule has 0 radical (unpaired) electrons. The molecule has 0 aliphatic rings. The average Bonchev–Trinajstić information content (AvgIpc) is 2.54. The molecule has 0 amide bonds. The number of nitriles is 1.